The number of nitrogens with zero attached hydrogens (tertiary/aromatic N) is 1. The molecule has 0 radical (unpaired) electrons. The third-order valence-electron chi connectivity index (χ3n) is 3.81. The first-order valence-corrected chi connectivity index (χ1v) is 7.21. The zero-order chi connectivity index (χ0) is 17.0. The van der Waals surface area contributed by atoms with Gasteiger partial charge in [-0.2, -0.15) is 13.2 Å². The van der Waals surface area contributed by atoms with Crippen molar-refractivity contribution in [1.29, 1.82) is 0 Å². The standard InChI is InChI=1S/C15H18F4N2O2/c1-21-6-2-3-11(21)9-23-13-5-4-10(15(17,18)19)7-12(13)20-14(22)8-16/h4-5,7,11H,2-3,6,8-9H2,1H3,(H,20,22)/t11-/m0/s1. The number of hydrogen-bond acceptors (Lipinski definition) is 3. The number of alkyl halides is 4. The number of anilines is 1. The molecule has 0 unspecified atom stereocenters. The highest BCUT2D eigenvalue weighted by Crippen LogP contribution is 2.35. The normalized spacial score (nSPS) is 18.9. The van der Waals surface area contributed by atoms with Gasteiger partial charge in [0.25, 0.3) is 5.91 Å². The average Bonchev–Trinajstić information content (AvgIpc) is 2.90. The molecule has 1 aromatic carbocycles. The highest BCUT2D eigenvalue weighted by Gasteiger charge is 2.31. The van der Waals surface area contributed by atoms with E-state index in [0.717, 1.165) is 37.6 Å². The summed E-state index contributed by atoms with van der Waals surface area (Å²) < 4.78 is 56.2. The molecular formula is C15H18F4N2O2. The number of likely N-dealkylation sites (N-methyl/N-ethyl adjacent to an activating group) is 1. The quantitative estimate of drug-likeness (QED) is 0.842. The van der Waals surface area contributed by atoms with Gasteiger partial charge in [-0.1, -0.05) is 0 Å². The largest absolute Gasteiger partial charge is 0.490 e. The number of halogens is 4. The molecule has 8 heteroatoms. The number of benzene rings is 1. The van der Waals surface area contributed by atoms with Crippen molar-refractivity contribution in [3.05, 3.63) is 23.8 Å². The topological polar surface area (TPSA) is 41.6 Å². The van der Waals surface area contributed by atoms with Gasteiger partial charge in [0.1, 0.15) is 12.4 Å². The highest BCUT2D eigenvalue weighted by molar-refractivity contribution is 5.93. The first-order chi connectivity index (χ1) is 10.8. The molecule has 128 valence electrons. The van der Waals surface area contributed by atoms with Crippen LogP contribution in [0.1, 0.15) is 18.4 Å². The minimum Gasteiger partial charge on any atom is -0.490 e. The zero-order valence-electron chi connectivity index (χ0n) is 12.6. The van der Waals surface area contributed by atoms with Gasteiger partial charge >= 0.3 is 6.18 Å². The van der Waals surface area contributed by atoms with Crippen molar-refractivity contribution in [3.8, 4) is 5.75 Å². The molecule has 1 saturated heterocycles. The molecule has 1 fully saturated rings. The number of rotatable bonds is 5. The minimum atomic E-state index is -4.56. The van der Waals surface area contributed by atoms with E-state index < -0.39 is 24.3 Å². The lowest BCUT2D eigenvalue weighted by atomic mass is 10.1. The molecule has 1 aliphatic heterocycles. The monoisotopic (exact) mass is 334 g/mol. The van der Waals surface area contributed by atoms with Crippen molar-refractivity contribution < 1.29 is 27.1 Å². The Morgan fingerprint density at radius 3 is 2.74 bits per heavy atom. The summed E-state index contributed by atoms with van der Waals surface area (Å²) in [6.45, 7) is -0.0894. The predicted molar refractivity (Wildman–Crippen MR) is 77.2 cm³/mol. The number of hydrogen-bond donors (Lipinski definition) is 1. The molecule has 4 nitrogen and oxygen atoms in total. The van der Waals surface area contributed by atoms with Crippen molar-refractivity contribution in [2.24, 2.45) is 0 Å². The summed E-state index contributed by atoms with van der Waals surface area (Å²) in [6.07, 6.45) is -2.59. The summed E-state index contributed by atoms with van der Waals surface area (Å²) in [5.41, 5.74) is -1.11. The summed E-state index contributed by atoms with van der Waals surface area (Å²) >= 11 is 0. The minimum absolute atomic E-state index is 0.0973. The third kappa shape index (κ3) is 4.57. The molecule has 0 saturated carbocycles. The molecule has 1 N–H and O–H groups in total. The second kappa shape index (κ2) is 7.16. The van der Waals surface area contributed by atoms with Crippen LogP contribution in [0.3, 0.4) is 0 Å². The van der Waals surface area contributed by atoms with E-state index in [2.05, 4.69) is 10.2 Å². The van der Waals surface area contributed by atoms with E-state index in [1.165, 1.54) is 0 Å². The molecule has 0 aliphatic carbocycles. The fourth-order valence-corrected chi connectivity index (χ4v) is 2.49. The summed E-state index contributed by atoms with van der Waals surface area (Å²) in [7, 11) is 1.94. The highest BCUT2D eigenvalue weighted by atomic mass is 19.4. The van der Waals surface area contributed by atoms with Gasteiger partial charge in [-0.05, 0) is 44.6 Å². The number of ether oxygens (including phenoxy) is 1. The molecule has 23 heavy (non-hydrogen) atoms. The maximum Gasteiger partial charge on any atom is 0.416 e. The lowest BCUT2D eigenvalue weighted by Gasteiger charge is -2.21. The van der Waals surface area contributed by atoms with Gasteiger partial charge in [0.15, 0.2) is 6.67 Å². The summed E-state index contributed by atoms with van der Waals surface area (Å²) in [5, 5.41) is 2.11. The van der Waals surface area contributed by atoms with Gasteiger partial charge in [0, 0.05) is 6.04 Å². The molecule has 0 spiro atoms. The second-order valence-electron chi connectivity index (χ2n) is 5.48. The van der Waals surface area contributed by atoms with Crippen LogP contribution in [0.2, 0.25) is 0 Å². The lowest BCUT2D eigenvalue weighted by molar-refractivity contribution is -0.137. The van der Waals surface area contributed by atoms with E-state index in [9.17, 15) is 22.4 Å². The van der Waals surface area contributed by atoms with Crippen LogP contribution in [0.15, 0.2) is 18.2 Å². The van der Waals surface area contributed by atoms with E-state index in [0.29, 0.717) is 6.61 Å². The lowest BCUT2D eigenvalue weighted by Crippen LogP contribution is -2.30. The molecule has 1 aliphatic rings. The van der Waals surface area contributed by atoms with Crippen LogP contribution in [0, 0.1) is 0 Å². The van der Waals surface area contributed by atoms with Crippen LogP contribution in [0.4, 0.5) is 23.2 Å². The Morgan fingerprint density at radius 2 is 2.17 bits per heavy atom. The van der Waals surface area contributed by atoms with Crippen LogP contribution >= 0.6 is 0 Å². The molecular weight excluding hydrogens is 316 g/mol. The van der Waals surface area contributed by atoms with Crippen molar-refractivity contribution >= 4 is 11.6 Å². The number of likely N-dealkylation sites (tertiary alicyclic amines) is 1. The maximum absolute atomic E-state index is 12.8. The Hall–Kier alpha value is -1.83. The van der Waals surface area contributed by atoms with Gasteiger partial charge in [-0.15, -0.1) is 0 Å². The van der Waals surface area contributed by atoms with Gasteiger partial charge in [-0.3, -0.25) is 4.79 Å². The number of amides is 1. The summed E-state index contributed by atoms with van der Waals surface area (Å²) in [6, 6.07) is 2.94. The molecule has 1 atom stereocenters. The predicted octanol–water partition coefficient (Wildman–Crippen LogP) is 3.09. The number of nitrogens with one attached hydrogen (secondary N) is 1. The van der Waals surface area contributed by atoms with Gasteiger partial charge in [-0.25, -0.2) is 4.39 Å². The van der Waals surface area contributed by atoms with Crippen LogP contribution in [-0.4, -0.2) is 43.7 Å². The van der Waals surface area contributed by atoms with Crippen molar-refractivity contribution in [2.45, 2.75) is 25.1 Å². The Morgan fingerprint density at radius 1 is 1.43 bits per heavy atom. The molecule has 2 rings (SSSR count). The maximum atomic E-state index is 12.8. The Balaban J connectivity index is 2.17. The first-order valence-electron chi connectivity index (χ1n) is 7.21. The van der Waals surface area contributed by atoms with Crippen molar-refractivity contribution in [2.75, 3.05) is 32.2 Å². The van der Waals surface area contributed by atoms with E-state index in [-0.39, 0.29) is 17.5 Å². The van der Waals surface area contributed by atoms with Crippen molar-refractivity contribution in [3.63, 3.8) is 0 Å². The van der Waals surface area contributed by atoms with Crippen LogP contribution < -0.4 is 10.1 Å². The Labute approximate surface area is 131 Å². The van der Waals surface area contributed by atoms with E-state index in [1.54, 1.807) is 0 Å². The van der Waals surface area contributed by atoms with Gasteiger partial charge in [0.05, 0.1) is 11.3 Å². The number of carbonyl (C=O) groups excluding carboxylic acids is 1. The Kier molecular flexibility index (Phi) is 5.46. The second-order valence-corrected chi connectivity index (χ2v) is 5.48. The molecule has 0 aromatic heterocycles. The van der Waals surface area contributed by atoms with E-state index in [4.69, 9.17) is 4.74 Å². The van der Waals surface area contributed by atoms with Crippen LogP contribution in [-0.2, 0) is 11.0 Å². The van der Waals surface area contributed by atoms with Gasteiger partial charge in [0.2, 0.25) is 0 Å². The zero-order valence-corrected chi connectivity index (χ0v) is 12.6. The fraction of sp³-hybridized carbons (Fsp3) is 0.533. The summed E-state index contributed by atoms with van der Waals surface area (Å²) in [5.74, 6) is -0.924. The summed E-state index contributed by atoms with van der Waals surface area (Å²) in [4.78, 5) is 13.3. The van der Waals surface area contributed by atoms with E-state index in [1.807, 2.05) is 7.05 Å². The number of carbonyl (C=O) groups is 1. The molecule has 0 bridgehead atoms. The first kappa shape index (κ1) is 17.5. The van der Waals surface area contributed by atoms with E-state index >= 15 is 0 Å². The van der Waals surface area contributed by atoms with Crippen LogP contribution in [0.5, 0.6) is 5.75 Å². The fourth-order valence-electron chi connectivity index (χ4n) is 2.49. The smallest absolute Gasteiger partial charge is 0.416 e. The van der Waals surface area contributed by atoms with Crippen molar-refractivity contribution in [1.82, 2.24) is 4.90 Å². The molecule has 1 aromatic rings. The third-order valence-corrected chi connectivity index (χ3v) is 3.81. The van der Waals surface area contributed by atoms with Gasteiger partial charge < -0.3 is 15.0 Å². The SMILES string of the molecule is CN1CCC[C@H]1COc1ccc(C(F)(F)F)cc1NC(=O)CF. The Bertz CT molecular complexity index is 563. The average molecular weight is 334 g/mol. The molecule has 1 heterocycles. The molecule has 1 amide bonds. The van der Waals surface area contributed by atoms with Crippen LogP contribution in [0.25, 0.3) is 0 Å².